The van der Waals surface area contributed by atoms with Gasteiger partial charge in [-0.2, -0.15) is 13.2 Å². The predicted octanol–water partition coefficient (Wildman–Crippen LogP) is 2.46. The summed E-state index contributed by atoms with van der Waals surface area (Å²) in [6.45, 7) is 0.411. The second kappa shape index (κ2) is 5.80. The Morgan fingerprint density at radius 1 is 1.45 bits per heavy atom. The molecule has 2 aromatic rings. The molecule has 2 aromatic heterocycles. The van der Waals surface area contributed by atoms with E-state index in [0.29, 0.717) is 12.1 Å². The number of hydrogen-bond acceptors (Lipinski definition) is 3. The molecule has 0 saturated carbocycles. The molecule has 0 bridgehead atoms. The van der Waals surface area contributed by atoms with Crippen molar-refractivity contribution in [3.8, 4) is 0 Å². The van der Waals surface area contributed by atoms with E-state index in [2.05, 4.69) is 9.72 Å². The number of aromatic nitrogens is 2. The first-order valence-corrected chi connectivity index (χ1v) is 6.19. The van der Waals surface area contributed by atoms with Crippen LogP contribution in [0, 0.1) is 0 Å². The van der Waals surface area contributed by atoms with Gasteiger partial charge in [-0.25, -0.2) is 4.98 Å². The Bertz CT molecular complexity index is 578. The zero-order valence-corrected chi connectivity index (χ0v) is 11.0. The fraction of sp³-hybridized carbons (Fsp3) is 0.462. The van der Waals surface area contributed by atoms with Gasteiger partial charge in [-0.15, -0.1) is 0 Å². The third kappa shape index (κ3) is 3.71. The van der Waals surface area contributed by atoms with Gasteiger partial charge < -0.3 is 15.0 Å². The van der Waals surface area contributed by atoms with Gasteiger partial charge in [0.2, 0.25) is 0 Å². The second-order valence-corrected chi connectivity index (χ2v) is 4.77. The van der Waals surface area contributed by atoms with Crippen LogP contribution in [0.3, 0.4) is 0 Å². The van der Waals surface area contributed by atoms with Gasteiger partial charge in [-0.05, 0) is 31.0 Å². The maximum Gasteiger partial charge on any atom is 0.411 e. The summed E-state index contributed by atoms with van der Waals surface area (Å²) < 4.78 is 42.5. The lowest BCUT2D eigenvalue weighted by molar-refractivity contribution is -0.181. The summed E-state index contributed by atoms with van der Waals surface area (Å²) in [6.07, 6.45) is -0.352. The third-order valence-electron chi connectivity index (χ3n) is 2.75. The first kappa shape index (κ1) is 14.8. The highest BCUT2D eigenvalue weighted by Crippen LogP contribution is 2.21. The Balaban J connectivity index is 2.20. The number of nitrogens with two attached hydrogens (primary N) is 1. The molecule has 1 unspecified atom stereocenters. The van der Waals surface area contributed by atoms with Crippen molar-refractivity contribution in [2.24, 2.45) is 5.73 Å². The fourth-order valence-corrected chi connectivity index (χ4v) is 2.06. The van der Waals surface area contributed by atoms with Crippen LogP contribution in [0.15, 0.2) is 24.5 Å². The van der Waals surface area contributed by atoms with Crippen molar-refractivity contribution >= 4 is 11.0 Å². The number of halogens is 3. The van der Waals surface area contributed by atoms with Crippen molar-refractivity contribution in [2.45, 2.75) is 32.3 Å². The van der Waals surface area contributed by atoms with Crippen LogP contribution in [0.4, 0.5) is 13.2 Å². The molecule has 1 atom stereocenters. The van der Waals surface area contributed by atoms with E-state index in [4.69, 9.17) is 5.73 Å². The molecule has 0 aliphatic rings. The number of alkyl halides is 3. The summed E-state index contributed by atoms with van der Waals surface area (Å²) in [5.41, 5.74) is 7.33. The van der Waals surface area contributed by atoms with E-state index in [1.54, 1.807) is 23.0 Å². The van der Waals surface area contributed by atoms with Gasteiger partial charge in [0.25, 0.3) is 0 Å². The maximum absolute atomic E-state index is 12.1. The minimum absolute atomic E-state index is 0.0367. The van der Waals surface area contributed by atoms with Crippen LogP contribution in [0.1, 0.15) is 12.5 Å². The number of ether oxygens (including phenoxy) is 1. The lowest BCUT2D eigenvalue weighted by atomic mass is 10.1. The average Bonchev–Trinajstić information content (AvgIpc) is 2.66. The van der Waals surface area contributed by atoms with Gasteiger partial charge in [0.15, 0.2) is 0 Å². The predicted molar refractivity (Wildman–Crippen MR) is 69.1 cm³/mol. The number of nitrogens with zero attached hydrogens (tertiary/aromatic N) is 2. The largest absolute Gasteiger partial charge is 0.411 e. The van der Waals surface area contributed by atoms with E-state index in [-0.39, 0.29) is 12.8 Å². The Hall–Kier alpha value is -1.60. The van der Waals surface area contributed by atoms with Crippen molar-refractivity contribution in [3.05, 3.63) is 30.1 Å². The summed E-state index contributed by atoms with van der Waals surface area (Å²) in [6, 6.07) is 3.62. The molecule has 110 valence electrons. The molecule has 2 rings (SSSR count). The summed E-state index contributed by atoms with van der Waals surface area (Å²) >= 11 is 0. The summed E-state index contributed by atoms with van der Waals surface area (Å²) in [5, 5.41) is 0.889. The van der Waals surface area contributed by atoms with E-state index >= 15 is 0 Å². The molecule has 7 heteroatoms. The van der Waals surface area contributed by atoms with Crippen LogP contribution in [0.2, 0.25) is 0 Å². The van der Waals surface area contributed by atoms with Gasteiger partial charge in [0, 0.05) is 23.8 Å². The standard InChI is InChI=1S/C13H16F3N3O/c1-9(17)5-10-6-19(8-20-7-13(14,15)16)12-11(10)3-2-4-18-12/h2-4,6,9H,5,7-8,17H2,1H3. The van der Waals surface area contributed by atoms with Crippen LogP contribution in [-0.4, -0.2) is 28.4 Å². The zero-order valence-electron chi connectivity index (χ0n) is 11.0. The quantitative estimate of drug-likeness (QED) is 0.919. The minimum Gasteiger partial charge on any atom is -0.351 e. The molecule has 2 N–H and O–H groups in total. The maximum atomic E-state index is 12.1. The first-order chi connectivity index (χ1) is 9.37. The Kier molecular flexibility index (Phi) is 4.29. The van der Waals surface area contributed by atoms with E-state index in [1.807, 2.05) is 13.0 Å². The molecule has 4 nitrogen and oxygen atoms in total. The van der Waals surface area contributed by atoms with Crippen molar-refractivity contribution in [1.82, 2.24) is 9.55 Å². The number of fused-ring (bicyclic) bond motifs is 1. The summed E-state index contributed by atoms with van der Waals surface area (Å²) in [7, 11) is 0. The highest BCUT2D eigenvalue weighted by Gasteiger charge is 2.27. The number of pyridine rings is 1. The monoisotopic (exact) mass is 287 g/mol. The van der Waals surface area contributed by atoms with Gasteiger partial charge in [0.1, 0.15) is 19.0 Å². The Morgan fingerprint density at radius 2 is 2.20 bits per heavy atom. The third-order valence-corrected chi connectivity index (χ3v) is 2.75. The van der Waals surface area contributed by atoms with Crippen molar-refractivity contribution in [3.63, 3.8) is 0 Å². The van der Waals surface area contributed by atoms with Crippen molar-refractivity contribution in [2.75, 3.05) is 6.61 Å². The van der Waals surface area contributed by atoms with Gasteiger partial charge in [-0.3, -0.25) is 0 Å². The molecule has 0 amide bonds. The molecule has 20 heavy (non-hydrogen) atoms. The summed E-state index contributed by atoms with van der Waals surface area (Å²) in [4.78, 5) is 4.19. The summed E-state index contributed by atoms with van der Waals surface area (Å²) in [5.74, 6) is 0. The molecule has 0 aliphatic heterocycles. The SMILES string of the molecule is CC(N)Cc1cn(COCC(F)(F)F)c2ncccc12. The molecular formula is C13H16F3N3O. The molecule has 0 spiro atoms. The van der Waals surface area contributed by atoms with E-state index in [9.17, 15) is 13.2 Å². The average molecular weight is 287 g/mol. The van der Waals surface area contributed by atoms with E-state index < -0.39 is 12.8 Å². The van der Waals surface area contributed by atoms with Crippen LogP contribution < -0.4 is 5.73 Å². The van der Waals surface area contributed by atoms with Crippen LogP contribution in [0.25, 0.3) is 11.0 Å². The lowest BCUT2D eigenvalue weighted by Gasteiger charge is -2.08. The smallest absolute Gasteiger partial charge is 0.351 e. The highest BCUT2D eigenvalue weighted by molar-refractivity contribution is 5.80. The molecule has 2 heterocycles. The fourth-order valence-electron chi connectivity index (χ4n) is 2.06. The molecule has 0 radical (unpaired) electrons. The second-order valence-electron chi connectivity index (χ2n) is 4.77. The lowest BCUT2D eigenvalue weighted by Crippen LogP contribution is -2.18. The Morgan fingerprint density at radius 3 is 2.85 bits per heavy atom. The van der Waals surface area contributed by atoms with Crippen LogP contribution >= 0.6 is 0 Å². The highest BCUT2D eigenvalue weighted by atomic mass is 19.4. The van der Waals surface area contributed by atoms with Crippen molar-refractivity contribution in [1.29, 1.82) is 0 Å². The molecule has 0 saturated heterocycles. The minimum atomic E-state index is -4.33. The van der Waals surface area contributed by atoms with Gasteiger partial charge in [-0.1, -0.05) is 0 Å². The normalized spacial score (nSPS) is 13.8. The van der Waals surface area contributed by atoms with Gasteiger partial charge >= 0.3 is 6.18 Å². The number of rotatable bonds is 5. The molecule has 0 aliphatic carbocycles. The molecule has 0 fully saturated rings. The first-order valence-electron chi connectivity index (χ1n) is 6.19. The van der Waals surface area contributed by atoms with E-state index in [1.165, 1.54) is 0 Å². The van der Waals surface area contributed by atoms with Crippen LogP contribution in [0.5, 0.6) is 0 Å². The van der Waals surface area contributed by atoms with Crippen molar-refractivity contribution < 1.29 is 17.9 Å². The molecular weight excluding hydrogens is 271 g/mol. The Labute approximate surface area is 114 Å². The van der Waals surface area contributed by atoms with Gasteiger partial charge in [0.05, 0.1) is 0 Å². The van der Waals surface area contributed by atoms with E-state index in [0.717, 1.165) is 10.9 Å². The number of hydrogen-bond donors (Lipinski definition) is 1. The topological polar surface area (TPSA) is 53.1 Å². The molecule has 0 aromatic carbocycles. The van der Waals surface area contributed by atoms with Crippen LogP contribution in [-0.2, 0) is 17.9 Å². The zero-order chi connectivity index (χ0) is 14.8.